The quantitative estimate of drug-likeness (QED) is 0.714. The van der Waals surface area contributed by atoms with Gasteiger partial charge in [-0.2, -0.15) is 9.50 Å². The summed E-state index contributed by atoms with van der Waals surface area (Å²) in [6.45, 7) is 1.72. The molecule has 0 radical (unpaired) electrons. The fourth-order valence-corrected chi connectivity index (χ4v) is 1.89. The predicted molar refractivity (Wildman–Crippen MR) is 68.7 cm³/mol. The number of nitrogens with zero attached hydrogens (tertiary/aromatic N) is 3. The second kappa shape index (κ2) is 4.85. The molecule has 8 nitrogen and oxygen atoms in total. The van der Waals surface area contributed by atoms with Gasteiger partial charge < -0.3 is 14.5 Å². The van der Waals surface area contributed by atoms with Crippen LogP contribution in [0.5, 0.6) is 6.01 Å². The number of aromatic nitrogens is 4. The van der Waals surface area contributed by atoms with Crippen molar-refractivity contribution in [3.63, 3.8) is 0 Å². The van der Waals surface area contributed by atoms with Gasteiger partial charge >= 0.3 is 17.9 Å². The van der Waals surface area contributed by atoms with Crippen molar-refractivity contribution in [1.29, 1.82) is 0 Å². The summed E-state index contributed by atoms with van der Waals surface area (Å²) in [5, 5.41) is 3.77. The standard InChI is InChI=1S/C12H9FN4O4/c1-2-20-12(19)21-10-15-9-8-6(13)4-3-5-7(8)14-11(18)17(9)16-10/h3-5H,2H2,1H3,(H,14,18). The minimum absolute atomic E-state index is 0.0499. The Morgan fingerprint density at radius 3 is 3.05 bits per heavy atom. The maximum absolute atomic E-state index is 13.9. The molecule has 0 fully saturated rings. The number of rotatable bonds is 2. The maximum Gasteiger partial charge on any atom is 0.516 e. The average Bonchev–Trinajstić information content (AvgIpc) is 2.83. The Balaban J connectivity index is 2.20. The molecule has 9 heteroatoms. The van der Waals surface area contributed by atoms with Gasteiger partial charge in [0.25, 0.3) is 0 Å². The fraction of sp³-hybridized carbons (Fsp3) is 0.167. The number of hydrogen-bond acceptors (Lipinski definition) is 6. The summed E-state index contributed by atoms with van der Waals surface area (Å²) < 4.78 is 24.0. The van der Waals surface area contributed by atoms with E-state index in [-0.39, 0.29) is 23.2 Å². The second-order valence-corrected chi connectivity index (χ2v) is 4.01. The van der Waals surface area contributed by atoms with Crippen molar-refractivity contribution in [1.82, 2.24) is 19.6 Å². The van der Waals surface area contributed by atoms with Crippen LogP contribution in [0.15, 0.2) is 23.0 Å². The first-order chi connectivity index (χ1) is 10.1. The van der Waals surface area contributed by atoms with E-state index in [0.29, 0.717) is 0 Å². The molecule has 21 heavy (non-hydrogen) atoms. The Kier molecular flexibility index (Phi) is 3.01. The molecular formula is C12H9FN4O4. The third-order valence-corrected chi connectivity index (χ3v) is 2.70. The number of H-pyrrole nitrogens is 1. The maximum atomic E-state index is 13.9. The van der Waals surface area contributed by atoms with Crippen molar-refractivity contribution in [3.8, 4) is 6.01 Å². The topological polar surface area (TPSA) is 98.6 Å². The zero-order chi connectivity index (χ0) is 15.0. The Bertz CT molecular complexity index is 901. The molecule has 2 aromatic heterocycles. The zero-order valence-electron chi connectivity index (χ0n) is 10.8. The second-order valence-electron chi connectivity index (χ2n) is 4.01. The van der Waals surface area contributed by atoms with E-state index in [1.165, 1.54) is 18.2 Å². The zero-order valence-corrected chi connectivity index (χ0v) is 10.8. The van der Waals surface area contributed by atoms with E-state index in [1.807, 2.05) is 0 Å². The van der Waals surface area contributed by atoms with Crippen LogP contribution < -0.4 is 10.4 Å². The van der Waals surface area contributed by atoms with E-state index in [2.05, 4.69) is 19.8 Å². The number of ether oxygens (including phenoxy) is 2. The summed E-state index contributed by atoms with van der Waals surface area (Å²) in [5.41, 5.74) is -0.414. The number of hydrogen-bond donors (Lipinski definition) is 1. The van der Waals surface area contributed by atoms with E-state index < -0.39 is 23.7 Å². The summed E-state index contributed by atoms with van der Waals surface area (Å²) in [5.74, 6) is -0.580. The molecule has 0 aliphatic heterocycles. The first-order valence-corrected chi connectivity index (χ1v) is 6.02. The van der Waals surface area contributed by atoms with Gasteiger partial charge in [0, 0.05) is 0 Å². The highest BCUT2D eigenvalue weighted by Crippen LogP contribution is 2.20. The Labute approximate surface area is 116 Å². The van der Waals surface area contributed by atoms with Crippen LogP contribution in [-0.4, -0.2) is 32.3 Å². The number of fused-ring (bicyclic) bond motifs is 3. The number of nitrogens with one attached hydrogen (secondary N) is 1. The Hall–Kier alpha value is -2.97. The molecule has 108 valence electrons. The Morgan fingerprint density at radius 1 is 1.48 bits per heavy atom. The van der Waals surface area contributed by atoms with E-state index in [9.17, 15) is 14.0 Å². The van der Waals surface area contributed by atoms with Gasteiger partial charge in [-0.3, -0.25) is 0 Å². The SMILES string of the molecule is CCOC(=O)Oc1nc2c3c(F)cccc3[nH]c(=O)n2n1. The first-order valence-electron chi connectivity index (χ1n) is 6.02. The summed E-state index contributed by atoms with van der Waals surface area (Å²) in [6, 6.07) is 3.81. The molecule has 0 saturated heterocycles. The molecule has 0 aliphatic rings. The van der Waals surface area contributed by atoms with Crippen LogP contribution in [0.25, 0.3) is 16.6 Å². The van der Waals surface area contributed by atoms with E-state index in [1.54, 1.807) is 6.92 Å². The highest BCUT2D eigenvalue weighted by Gasteiger charge is 2.16. The van der Waals surface area contributed by atoms with Gasteiger partial charge in [-0.1, -0.05) is 6.07 Å². The van der Waals surface area contributed by atoms with Gasteiger partial charge in [-0.05, 0) is 19.1 Å². The molecule has 3 aromatic rings. The lowest BCUT2D eigenvalue weighted by atomic mass is 10.2. The van der Waals surface area contributed by atoms with Crippen LogP contribution in [0.4, 0.5) is 9.18 Å². The van der Waals surface area contributed by atoms with Crippen molar-refractivity contribution in [2.24, 2.45) is 0 Å². The summed E-state index contributed by atoms with van der Waals surface area (Å²) in [4.78, 5) is 29.4. The van der Waals surface area contributed by atoms with Crippen LogP contribution in [0.3, 0.4) is 0 Å². The van der Waals surface area contributed by atoms with Crippen LogP contribution >= 0.6 is 0 Å². The minimum Gasteiger partial charge on any atom is -0.434 e. The van der Waals surface area contributed by atoms with Crippen LogP contribution in [0.2, 0.25) is 0 Å². The number of halogens is 1. The largest absolute Gasteiger partial charge is 0.516 e. The highest BCUT2D eigenvalue weighted by molar-refractivity contribution is 5.91. The van der Waals surface area contributed by atoms with Gasteiger partial charge in [-0.15, -0.1) is 5.10 Å². The predicted octanol–water partition coefficient (Wildman–Crippen LogP) is 1.25. The third-order valence-electron chi connectivity index (χ3n) is 2.70. The fourth-order valence-electron chi connectivity index (χ4n) is 1.89. The molecule has 0 saturated carbocycles. The van der Waals surface area contributed by atoms with E-state index >= 15 is 0 Å². The molecule has 1 N–H and O–H groups in total. The normalized spacial score (nSPS) is 11.0. The highest BCUT2D eigenvalue weighted by atomic mass is 19.1. The number of carbonyl (C=O) groups is 1. The van der Waals surface area contributed by atoms with Gasteiger partial charge in [0.1, 0.15) is 5.82 Å². The number of benzene rings is 1. The molecular weight excluding hydrogens is 283 g/mol. The molecule has 2 heterocycles. The van der Waals surface area contributed by atoms with Crippen molar-refractivity contribution in [3.05, 3.63) is 34.5 Å². The van der Waals surface area contributed by atoms with Gasteiger partial charge in [0.05, 0.1) is 17.5 Å². The van der Waals surface area contributed by atoms with Gasteiger partial charge in [0.15, 0.2) is 5.65 Å². The average molecular weight is 292 g/mol. The summed E-state index contributed by atoms with van der Waals surface area (Å²) in [7, 11) is 0. The lowest BCUT2D eigenvalue weighted by Gasteiger charge is -1.99. The van der Waals surface area contributed by atoms with Crippen LogP contribution in [-0.2, 0) is 4.74 Å². The van der Waals surface area contributed by atoms with Crippen molar-refractivity contribution in [2.45, 2.75) is 6.92 Å². The summed E-state index contributed by atoms with van der Waals surface area (Å²) >= 11 is 0. The van der Waals surface area contributed by atoms with E-state index in [0.717, 1.165) is 4.52 Å². The van der Waals surface area contributed by atoms with Crippen molar-refractivity contribution < 1.29 is 18.7 Å². The molecule has 0 aliphatic carbocycles. The lowest BCUT2D eigenvalue weighted by Crippen LogP contribution is -2.18. The van der Waals surface area contributed by atoms with Crippen LogP contribution in [0.1, 0.15) is 6.92 Å². The molecule has 0 amide bonds. The molecule has 0 atom stereocenters. The third kappa shape index (κ3) is 2.18. The lowest BCUT2D eigenvalue weighted by molar-refractivity contribution is 0.101. The Morgan fingerprint density at radius 2 is 2.29 bits per heavy atom. The van der Waals surface area contributed by atoms with Crippen molar-refractivity contribution >= 4 is 22.7 Å². The molecule has 0 bridgehead atoms. The minimum atomic E-state index is -1.00. The van der Waals surface area contributed by atoms with E-state index in [4.69, 9.17) is 4.74 Å². The van der Waals surface area contributed by atoms with Gasteiger partial charge in [0.2, 0.25) is 0 Å². The monoisotopic (exact) mass is 292 g/mol. The number of carbonyl (C=O) groups excluding carboxylic acids is 1. The molecule has 3 rings (SSSR count). The molecule has 0 spiro atoms. The first kappa shape index (κ1) is 13.0. The summed E-state index contributed by atoms with van der Waals surface area (Å²) in [6.07, 6.45) is -1.00. The number of aromatic amines is 1. The molecule has 0 unspecified atom stereocenters. The van der Waals surface area contributed by atoms with Gasteiger partial charge in [-0.25, -0.2) is 14.0 Å². The van der Waals surface area contributed by atoms with Crippen molar-refractivity contribution in [2.75, 3.05) is 6.61 Å². The molecule has 1 aromatic carbocycles. The van der Waals surface area contributed by atoms with Crippen LogP contribution in [0, 0.1) is 5.82 Å². The smallest absolute Gasteiger partial charge is 0.434 e.